The molecule has 11 atom stereocenters. The van der Waals surface area contributed by atoms with Crippen LogP contribution in [0.3, 0.4) is 0 Å². The average molecular weight is 1370 g/mol. The van der Waals surface area contributed by atoms with Crippen LogP contribution in [0.15, 0.2) is 72.8 Å². The number of amides is 11. The Kier molecular flexibility index (Phi) is 33.1. The van der Waals surface area contributed by atoms with Crippen LogP contribution < -0.4 is 31.9 Å². The zero-order valence-corrected chi connectivity index (χ0v) is 59.1. The van der Waals surface area contributed by atoms with Crippen LogP contribution >= 0.6 is 0 Å². The zero-order chi connectivity index (χ0) is 72.3. The number of carbonyl (C=O) groups excluding carboxylic acids is 12. The third kappa shape index (κ3) is 23.9. The third-order valence-corrected chi connectivity index (χ3v) is 18.7. The lowest BCUT2D eigenvalue weighted by molar-refractivity contribution is -0.148. The zero-order valence-electron chi connectivity index (χ0n) is 59.1. The fourth-order valence-corrected chi connectivity index (χ4v) is 12.8. The average Bonchev–Trinajstić information content (AvgIpc) is 1.38. The van der Waals surface area contributed by atoms with Crippen molar-refractivity contribution in [2.75, 3.05) is 87.5 Å². The quantitative estimate of drug-likeness (QED) is 0.0474. The van der Waals surface area contributed by atoms with Gasteiger partial charge in [-0.05, 0) is 61.5 Å². The van der Waals surface area contributed by atoms with Crippen molar-refractivity contribution in [3.8, 4) is 0 Å². The summed E-state index contributed by atoms with van der Waals surface area (Å²) in [6.45, 7) is 14.1. The highest BCUT2D eigenvalue weighted by atomic mass is 16.5. The summed E-state index contributed by atoms with van der Waals surface area (Å²) in [5.41, 5.74) is 1.33. The summed E-state index contributed by atoms with van der Waals surface area (Å²) in [6, 6.07) is 12.7. The van der Waals surface area contributed by atoms with Gasteiger partial charge in [-0.3, -0.25) is 62.4 Å². The number of likely N-dealkylation sites (N-methyl/N-ethyl adjacent to an activating group) is 2. The van der Waals surface area contributed by atoms with Gasteiger partial charge in [0.2, 0.25) is 53.2 Å². The number of nitrogens with one attached hydrogen (secondary N) is 6. The van der Waals surface area contributed by atoms with Crippen molar-refractivity contribution in [1.82, 2.24) is 51.5 Å². The molecule has 2 fully saturated rings. The number of nitrogens with zero attached hydrogens (tertiary/aromatic N) is 4. The Morgan fingerprint density at radius 2 is 1.30 bits per heavy atom. The number of hydrogen-bond donors (Lipinski definition) is 7. The summed E-state index contributed by atoms with van der Waals surface area (Å²) < 4.78 is 23.6. The number of benzene rings is 2. The molecule has 7 N–H and O–H groups in total. The minimum atomic E-state index is -1.23. The van der Waals surface area contributed by atoms with E-state index in [4.69, 9.17) is 18.9 Å². The lowest BCUT2D eigenvalue weighted by atomic mass is 9.89. The van der Waals surface area contributed by atoms with Crippen LogP contribution in [0.2, 0.25) is 0 Å². The predicted molar refractivity (Wildman–Crippen MR) is 362 cm³/mol. The molecule has 0 unspecified atom stereocenters. The van der Waals surface area contributed by atoms with E-state index in [-0.39, 0.29) is 88.1 Å². The minimum Gasteiger partial charge on any atom is -0.386 e. The second-order valence-electron chi connectivity index (χ2n) is 26.7. The molecule has 98 heavy (non-hydrogen) atoms. The normalized spacial score (nSPS) is 19.5. The standard InChI is InChI=1S/C71H106N10O17/c1-13-45(6)65(55(95-11)35-61(88)80-32-20-26-53(80)67(96-12)46(7)68(91)75-47(8)66(90)50-24-18-15-19-25-50)79(10)71(94)63(43(2)3)77-70(93)64(44(4)5)78(9)62(89)38-74-69(92)52(34-48-22-16-14-17-23-48)76-58(85)37-73-57(84)36-72-56(83)29-28-49-39-97-41-51(42-98-40-49)54(82)27-21-33-81-59(86)30-31-60(81)87/h14-19,22-25,30-31,43-47,49,51-53,55,63-67,90H,13,20-21,26-29,32-42H2,1-12H3,(H,72,83)(H,73,84)(H,74,92)(H,75,91)(H,76,85)(H,77,93)/t45-,46+,47+,49?,51?,52-,53+,55+,63-,64-,65-,66+,67+/m0/s1. The number of imide groups is 1. The number of hydrogen-bond acceptors (Lipinski definition) is 17. The van der Waals surface area contributed by atoms with Gasteiger partial charge in [-0.2, -0.15) is 0 Å². The molecule has 0 aromatic heterocycles. The van der Waals surface area contributed by atoms with Gasteiger partial charge in [0.05, 0.1) is 101 Å². The molecule has 0 saturated carbocycles. The van der Waals surface area contributed by atoms with Crippen LogP contribution in [0.25, 0.3) is 0 Å². The number of carbonyl (C=O) groups is 12. The molecule has 3 aliphatic rings. The number of aliphatic hydroxyl groups excluding tert-OH is 1. The fourth-order valence-electron chi connectivity index (χ4n) is 12.8. The van der Waals surface area contributed by atoms with Crippen molar-refractivity contribution >= 4 is 70.8 Å². The van der Waals surface area contributed by atoms with Gasteiger partial charge in [-0.1, -0.05) is 116 Å². The van der Waals surface area contributed by atoms with Crippen molar-refractivity contribution in [2.24, 2.45) is 35.5 Å². The van der Waals surface area contributed by atoms with Crippen LogP contribution in [-0.4, -0.2) is 231 Å². The van der Waals surface area contributed by atoms with Gasteiger partial charge in [0.15, 0.2) is 0 Å². The Hall–Kier alpha value is -7.98. The number of ether oxygens (including phenoxy) is 4. The summed E-state index contributed by atoms with van der Waals surface area (Å²) >= 11 is 0. The SMILES string of the molecule is CC[C@H](C)[C@@H]([C@@H](CC(=O)N1CCC[C@@H]1[C@H](OC)[C@@H](C)C(=O)N[C@H](C)[C@@H](O)c1ccccc1)OC)N(C)C(=O)[C@@H](NC(=O)[C@H](C(C)C)N(C)C(=O)CNC(=O)[C@H](Cc1ccccc1)NC(=O)CNC(=O)CNC(=O)CCC1COCC(C(=O)CCCN2C(=O)C=CC2=O)COC1)C(C)C. The summed E-state index contributed by atoms with van der Waals surface area (Å²) in [5.74, 6) is -8.34. The van der Waals surface area contributed by atoms with Gasteiger partial charge in [-0.25, -0.2) is 0 Å². The molecule has 27 nitrogen and oxygen atoms in total. The number of likely N-dealkylation sites (tertiary alicyclic amines) is 1. The molecular formula is C71H106N10O17. The number of rotatable bonds is 38. The van der Waals surface area contributed by atoms with E-state index in [2.05, 4.69) is 31.9 Å². The molecule has 3 aliphatic heterocycles. The number of aliphatic hydroxyl groups is 1. The van der Waals surface area contributed by atoms with E-state index in [0.29, 0.717) is 49.8 Å². The first-order chi connectivity index (χ1) is 46.6. The van der Waals surface area contributed by atoms with Gasteiger partial charge in [0.25, 0.3) is 11.8 Å². The summed E-state index contributed by atoms with van der Waals surface area (Å²) in [5, 5.41) is 27.0. The molecule has 2 aromatic carbocycles. The smallest absolute Gasteiger partial charge is 0.253 e. The van der Waals surface area contributed by atoms with Crippen LogP contribution in [0.5, 0.6) is 0 Å². The van der Waals surface area contributed by atoms with Crippen LogP contribution in [0.4, 0.5) is 0 Å². The lowest BCUT2D eigenvalue weighted by Gasteiger charge is -2.41. The van der Waals surface area contributed by atoms with E-state index in [0.717, 1.165) is 4.90 Å². The van der Waals surface area contributed by atoms with Crippen LogP contribution in [0, 0.1) is 35.5 Å². The molecule has 0 bridgehead atoms. The second kappa shape index (κ2) is 40.2. The highest BCUT2D eigenvalue weighted by Gasteiger charge is 2.44. The van der Waals surface area contributed by atoms with Gasteiger partial charge in [0, 0.05) is 78.7 Å². The van der Waals surface area contributed by atoms with Gasteiger partial charge >= 0.3 is 0 Å². The lowest BCUT2D eigenvalue weighted by Crippen LogP contribution is -2.61. The van der Waals surface area contributed by atoms with E-state index >= 15 is 0 Å². The molecule has 0 aliphatic carbocycles. The Balaban J connectivity index is 1.11. The molecular weight excluding hydrogens is 1260 g/mol. The monoisotopic (exact) mass is 1370 g/mol. The van der Waals surface area contributed by atoms with Gasteiger partial charge in [-0.15, -0.1) is 0 Å². The minimum absolute atomic E-state index is 0.000812. The summed E-state index contributed by atoms with van der Waals surface area (Å²) in [7, 11) is 6.03. The van der Waals surface area contributed by atoms with E-state index in [1.165, 1.54) is 43.2 Å². The number of methoxy groups -OCH3 is 2. The van der Waals surface area contributed by atoms with Gasteiger partial charge < -0.3 is 70.7 Å². The largest absolute Gasteiger partial charge is 0.386 e. The molecule has 2 saturated heterocycles. The maximum absolute atomic E-state index is 14.9. The maximum atomic E-state index is 14.9. The third-order valence-electron chi connectivity index (χ3n) is 18.7. The highest BCUT2D eigenvalue weighted by Crippen LogP contribution is 2.31. The molecule has 542 valence electrons. The van der Waals surface area contributed by atoms with Crippen LogP contribution in [-0.2, 0) is 82.9 Å². The molecule has 0 radical (unpaired) electrons. The Labute approximate surface area is 576 Å². The second-order valence-corrected chi connectivity index (χ2v) is 26.7. The molecule has 3 heterocycles. The van der Waals surface area contributed by atoms with Crippen molar-refractivity contribution in [2.45, 2.75) is 168 Å². The molecule has 5 rings (SSSR count). The number of ketones is 1. The molecule has 0 spiro atoms. The van der Waals surface area contributed by atoms with Crippen LogP contribution in [0.1, 0.15) is 124 Å². The van der Waals surface area contributed by atoms with E-state index in [9.17, 15) is 62.6 Å². The molecule has 2 aromatic rings. The predicted octanol–water partition coefficient (Wildman–Crippen LogP) is 2.18. The number of Topliss-reactive ketones (excluding diaryl/α,β-unsaturated/α-hetero) is 1. The molecule has 27 heteroatoms. The Morgan fingerprint density at radius 3 is 1.89 bits per heavy atom. The summed E-state index contributed by atoms with van der Waals surface area (Å²) in [4.78, 5) is 166. The Bertz CT molecular complexity index is 3020. The topological polar surface area (TPSA) is 347 Å². The van der Waals surface area contributed by atoms with Crippen molar-refractivity contribution in [3.63, 3.8) is 0 Å². The Morgan fingerprint density at radius 1 is 0.684 bits per heavy atom. The van der Waals surface area contributed by atoms with E-state index < -0.39 is 151 Å². The maximum Gasteiger partial charge on any atom is 0.253 e. The van der Waals surface area contributed by atoms with Gasteiger partial charge in [0.1, 0.15) is 23.9 Å². The van der Waals surface area contributed by atoms with Crippen molar-refractivity contribution in [3.05, 3.63) is 83.9 Å². The van der Waals surface area contributed by atoms with Crippen molar-refractivity contribution < 1.29 is 81.6 Å². The van der Waals surface area contributed by atoms with E-state index in [1.54, 1.807) is 96.0 Å². The first-order valence-corrected chi connectivity index (χ1v) is 34.2. The first kappa shape index (κ1) is 80.7. The molecule has 11 amide bonds. The summed E-state index contributed by atoms with van der Waals surface area (Å²) in [6.07, 6.45) is 2.57. The fraction of sp³-hybridized carbons (Fsp3) is 0.634. The first-order valence-electron chi connectivity index (χ1n) is 34.2. The highest BCUT2D eigenvalue weighted by molar-refractivity contribution is 6.12. The van der Waals surface area contributed by atoms with E-state index in [1.807, 2.05) is 32.0 Å². The van der Waals surface area contributed by atoms with Crippen molar-refractivity contribution in [1.29, 1.82) is 0 Å².